The zero-order valence-electron chi connectivity index (χ0n) is 11.2. The molecule has 1 aliphatic rings. The Bertz CT molecular complexity index is 342. The fourth-order valence-electron chi connectivity index (χ4n) is 2.81. The minimum Gasteiger partial charge on any atom is -0.396 e. The number of likely N-dealkylation sites (tertiary alicyclic amines) is 1. The van der Waals surface area contributed by atoms with Gasteiger partial charge >= 0.3 is 0 Å². The van der Waals surface area contributed by atoms with E-state index in [1.54, 1.807) is 0 Å². The SMILES string of the molecule is CCN[C@H]1CCN(Cc2ccccc2)C[C@@H]1CO. The van der Waals surface area contributed by atoms with Crippen molar-refractivity contribution >= 4 is 0 Å². The maximum absolute atomic E-state index is 9.51. The van der Waals surface area contributed by atoms with Gasteiger partial charge in [-0.25, -0.2) is 0 Å². The lowest BCUT2D eigenvalue weighted by Gasteiger charge is -2.38. The molecule has 0 amide bonds. The number of aliphatic hydroxyl groups is 1. The van der Waals surface area contributed by atoms with Crippen LogP contribution in [0.4, 0.5) is 0 Å². The normalized spacial score (nSPS) is 25.2. The van der Waals surface area contributed by atoms with Gasteiger partial charge in [-0.15, -0.1) is 0 Å². The van der Waals surface area contributed by atoms with E-state index in [1.165, 1.54) is 5.56 Å². The van der Waals surface area contributed by atoms with E-state index in [4.69, 9.17) is 0 Å². The first kappa shape index (κ1) is 13.5. The third-order valence-electron chi connectivity index (χ3n) is 3.77. The van der Waals surface area contributed by atoms with E-state index in [2.05, 4.69) is 47.5 Å². The molecule has 2 N–H and O–H groups in total. The second kappa shape index (κ2) is 6.88. The zero-order valence-corrected chi connectivity index (χ0v) is 11.2. The summed E-state index contributed by atoms with van der Waals surface area (Å²) in [5.41, 5.74) is 1.36. The molecule has 2 atom stereocenters. The molecule has 0 radical (unpaired) electrons. The summed E-state index contributed by atoms with van der Waals surface area (Å²) in [4.78, 5) is 2.45. The van der Waals surface area contributed by atoms with Gasteiger partial charge in [-0.05, 0) is 25.1 Å². The topological polar surface area (TPSA) is 35.5 Å². The predicted octanol–water partition coefficient (Wildman–Crippen LogP) is 1.48. The molecular formula is C15H24N2O. The summed E-state index contributed by atoms with van der Waals surface area (Å²) in [5, 5.41) is 13.0. The van der Waals surface area contributed by atoms with Crippen LogP contribution in [0.1, 0.15) is 18.9 Å². The minimum atomic E-state index is 0.281. The van der Waals surface area contributed by atoms with E-state index >= 15 is 0 Å². The summed E-state index contributed by atoms with van der Waals surface area (Å²) in [6.45, 7) is 6.50. The lowest BCUT2D eigenvalue weighted by atomic mass is 9.92. The molecule has 1 saturated heterocycles. The standard InChI is InChI=1S/C15H24N2O/c1-2-16-15-8-9-17(11-14(15)12-18)10-13-6-4-3-5-7-13/h3-7,14-16,18H,2,8-12H2,1H3/t14-,15+/m1/s1. The monoisotopic (exact) mass is 248 g/mol. The molecule has 1 heterocycles. The molecule has 0 bridgehead atoms. The van der Waals surface area contributed by atoms with Crippen LogP contribution in [0, 0.1) is 5.92 Å². The molecule has 100 valence electrons. The maximum Gasteiger partial charge on any atom is 0.0486 e. The van der Waals surface area contributed by atoms with Crippen LogP contribution in [-0.4, -0.2) is 42.3 Å². The van der Waals surface area contributed by atoms with Crippen molar-refractivity contribution in [2.75, 3.05) is 26.2 Å². The number of benzene rings is 1. The highest BCUT2D eigenvalue weighted by Crippen LogP contribution is 2.18. The van der Waals surface area contributed by atoms with Gasteiger partial charge in [-0.2, -0.15) is 0 Å². The summed E-state index contributed by atoms with van der Waals surface area (Å²) in [7, 11) is 0. The van der Waals surface area contributed by atoms with Crippen LogP contribution in [0.5, 0.6) is 0 Å². The second-order valence-electron chi connectivity index (χ2n) is 5.12. The van der Waals surface area contributed by atoms with E-state index in [9.17, 15) is 5.11 Å². The lowest BCUT2D eigenvalue weighted by Crippen LogP contribution is -2.50. The first-order valence-corrected chi connectivity index (χ1v) is 6.94. The van der Waals surface area contributed by atoms with Crippen LogP contribution in [0.3, 0.4) is 0 Å². The van der Waals surface area contributed by atoms with Gasteiger partial charge in [0.1, 0.15) is 0 Å². The summed E-state index contributed by atoms with van der Waals surface area (Å²) >= 11 is 0. The van der Waals surface area contributed by atoms with Crippen molar-refractivity contribution in [3.63, 3.8) is 0 Å². The Morgan fingerprint density at radius 1 is 1.33 bits per heavy atom. The van der Waals surface area contributed by atoms with Crippen molar-refractivity contribution < 1.29 is 5.11 Å². The smallest absolute Gasteiger partial charge is 0.0486 e. The van der Waals surface area contributed by atoms with Crippen molar-refractivity contribution in [3.05, 3.63) is 35.9 Å². The molecule has 18 heavy (non-hydrogen) atoms. The van der Waals surface area contributed by atoms with Crippen molar-refractivity contribution in [2.45, 2.75) is 25.9 Å². The van der Waals surface area contributed by atoms with Crippen LogP contribution in [-0.2, 0) is 6.54 Å². The number of hydrogen-bond donors (Lipinski definition) is 2. The maximum atomic E-state index is 9.51. The Labute approximate surface area is 110 Å². The summed E-state index contributed by atoms with van der Waals surface area (Å²) in [5.74, 6) is 0.363. The first-order valence-electron chi connectivity index (χ1n) is 6.94. The Morgan fingerprint density at radius 2 is 2.11 bits per heavy atom. The molecule has 2 rings (SSSR count). The number of nitrogens with zero attached hydrogens (tertiary/aromatic N) is 1. The second-order valence-corrected chi connectivity index (χ2v) is 5.12. The van der Waals surface area contributed by atoms with Gasteiger partial charge in [-0.1, -0.05) is 37.3 Å². The quantitative estimate of drug-likeness (QED) is 0.828. The average molecular weight is 248 g/mol. The molecular weight excluding hydrogens is 224 g/mol. The van der Waals surface area contributed by atoms with Crippen LogP contribution >= 0.6 is 0 Å². The Kier molecular flexibility index (Phi) is 5.17. The van der Waals surface area contributed by atoms with Gasteiger partial charge in [0, 0.05) is 31.7 Å². The molecule has 1 fully saturated rings. The number of hydrogen-bond acceptors (Lipinski definition) is 3. The van der Waals surface area contributed by atoms with Crippen molar-refractivity contribution in [3.8, 4) is 0 Å². The Morgan fingerprint density at radius 3 is 2.78 bits per heavy atom. The largest absolute Gasteiger partial charge is 0.396 e. The molecule has 0 aliphatic carbocycles. The van der Waals surface area contributed by atoms with Crippen LogP contribution in [0.15, 0.2) is 30.3 Å². The number of rotatable bonds is 5. The number of piperidine rings is 1. The van der Waals surface area contributed by atoms with Crippen LogP contribution < -0.4 is 5.32 Å². The van der Waals surface area contributed by atoms with E-state index in [-0.39, 0.29) is 6.61 Å². The summed E-state index contributed by atoms with van der Waals surface area (Å²) in [6, 6.07) is 11.0. The van der Waals surface area contributed by atoms with E-state index in [0.29, 0.717) is 12.0 Å². The molecule has 3 nitrogen and oxygen atoms in total. The van der Waals surface area contributed by atoms with Gasteiger partial charge in [0.15, 0.2) is 0 Å². The highest BCUT2D eigenvalue weighted by molar-refractivity contribution is 5.14. The number of aliphatic hydroxyl groups excluding tert-OH is 1. The van der Waals surface area contributed by atoms with Gasteiger partial charge in [0.05, 0.1) is 0 Å². The molecule has 1 aliphatic heterocycles. The highest BCUT2D eigenvalue weighted by Gasteiger charge is 2.27. The van der Waals surface area contributed by atoms with Gasteiger partial charge in [0.25, 0.3) is 0 Å². The fourth-order valence-corrected chi connectivity index (χ4v) is 2.81. The Hall–Kier alpha value is -0.900. The van der Waals surface area contributed by atoms with Crippen molar-refractivity contribution in [1.29, 1.82) is 0 Å². The summed E-state index contributed by atoms with van der Waals surface area (Å²) < 4.78 is 0. The third-order valence-corrected chi connectivity index (χ3v) is 3.77. The summed E-state index contributed by atoms with van der Waals surface area (Å²) in [6.07, 6.45) is 1.13. The number of nitrogens with one attached hydrogen (secondary N) is 1. The molecule has 0 unspecified atom stereocenters. The molecule has 1 aromatic rings. The third kappa shape index (κ3) is 3.55. The fraction of sp³-hybridized carbons (Fsp3) is 0.600. The highest BCUT2D eigenvalue weighted by atomic mass is 16.3. The van der Waals surface area contributed by atoms with E-state index < -0.39 is 0 Å². The molecule has 3 heteroatoms. The Balaban J connectivity index is 1.89. The van der Waals surface area contributed by atoms with Crippen LogP contribution in [0.2, 0.25) is 0 Å². The first-order chi connectivity index (χ1) is 8.83. The lowest BCUT2D eigenvalue weighted by molar-refractivity contribution is 0.0863. The molecule has 0 aromatic heterocycles. The van der Waals surface area contributed by atoms with Crippen LogP contribution in [0.25, 0.3) is 0 Å². The van der Waals surface area contributed by atoms with E-state index in [1.807, 2.05) is 0 Å². The van der Waals surface area contributed by atoms with E-state index in [0.717, 1.165) is 32.6 Å². The zero-order chi connectivity index (χ0) is 12.8. The average Bonchev–Trinajstić information content (AvgIpc) is 2.42. The predicted molar refractivity (Wildman–Crippen MR) is 74.4 cm³/mol. The minimum absolute atomic E-state index is 0.281. The van der Waals surface area contributed by atoms with Gasteiger partial charge in [0.2, 0.25) is 0 Å². The molecule has 1 aromatic carbocycles. The van der Waals surface area contributed by atoms with Crippen molar-refractivity contribution in [2.24, 2.45) is 5.92 Å². The van der Waals surface area contributed by atoms with Crippen molar-refractivity contribution in [1.82, 2.24) is 10.2 Å². The van der Waals surface area contributed by atoms with Gasteiger partial charge < -0.3 is 10.4 Å². The molecule has 0 saturated carbocycles. The molecule has 0 spiro atoms. The van der Waals surface area contributed by atoms with Gasteiger partial charge in [-0.3, -0.25) is 4.90 Å².